The highest BCUT2D eigenvalue weighted by Crippen LogP contribution is 2.57. The summed E-state index contributed by atoms with van der Waals surface area (Å²) in [5.41, 5.74) is 1.53. The third-order valence-corrected chi connectivity index (χ3v) is 5.18. The van der Waals surface area contributed by atoms with Crippen molar-refractivity contribution in [2.75, 3.05) is 13.2 Å². The summed E-state index contributed by atoms with van der Waals surface area (Å²) in [6, 6.07) is 5.36. The molecule has 2 aromatic rings. The summed E-state index contributed by atoms with van der Waals surface area (Å²) in [5.74, 6) is 0.984. The first kappa shape index (κ1) is 16.7. The lowest BCUT2D eigenvalue weighted by molar-refractivity contribution is 0.0718. The number of nitriles is 1. The molecule has 1 saturated carbocycles. The molecule has 134 valence electrons. The van der Waals surface area contributed by atoms with Crippen molar-refractivity contribution in [3.8, 4) is 11.9 Å². The summed E-state index contributed by atoms with van der Waals surface area (Å²) in [7, 11) is 0. The molecule has 2 aromatic heterocycles. The molecule has 1 unspecified atom stereocenters. The number of nitrogens with one attached hydrogen (secondary N) is 1. The lowest BCUT2D eigenvalue weighted by atomic mass is 10.0. The van der Waals surface area contributed by atoms with Gasteiger partial charge in [0.05, 0.1) is 36.1 Å². The maximum atomic E-state index is 12.7. The van der Waals surface area contributed by atoms with Crippen molar-refractivity contribution in [2.24, 2.45) is 5.92 Å². The molecule has 4 rings (SSSR count). The standard InChI is InChI=1S/C18H19N5O3/c1-18(8-24,9-25)21-17(26)15-13-6-11-5-12(11)16(13)23(22-15)14-4-10(7-19)2-3-20-14/h2-4,11-12,24-25H,5-6,8-9H2,1H3,(H,21,26)/t11?,12-/m1/s1. The molecular formula is C18H19N5O3. The van der Waals surface area contributed by atoms with Gasteiger partial charge in [-0.25, -0.2) is 9.67 Å². The molecule has 2 atom stereocenters. The van der Waals surface area contributed by atoms with Crippen LogP contribution in [0.15, 0.2) is 18.3 Å². The average molecular weight is 353 g/mol. The smallest absolute Gasteiger partial charge is 0.272 e. The number of amides is 1. The van der Waals surface area contributed by atoms with E-state index in [0.29, 0.717) is 28.9 Å². The third kappa shape index (κ3) is 2.57. The van der Waals surface area contributed by atoms with Gasteiger partial charge in [0, 0.05) is 23.7 Å². The van der Waals surface area contributed by atoms with Gasteiger partial charge in [-0.15, -0.1) is 0 Å². The number of hydrogen-bond acceptors (Lipinski definition) is 6. The van der Waals surface area contributed by atoms with E-state index in [2.05, 4.69) is 21.5 Å². The molecule has 8 nitrogen and oxygen atoms in total. The van der Waals surface area contributed by atoms with Crippen molar-refractivity contribution in [2.45, 2.75) is 31.2 Å². The van der Waals surface area contributed by atoms with Gasteiger partial charge in [0.1, 0.15) is 0 Å². The third-order valence-electron chi connectivity index (χ3n) is 5.18. The van der Waals surface area contributed by atoms with Crippen LogP contribution in [0.1, 0.15) is 46.6 Å². The summed E-state index contributed by atoms with van der Waals surface area (Å²) < 4.78 is 1.66. The fraction of sp³-hybridized carbons (Fsp3) is 0.444. The second kappa shape index (κ2) is 5.90. The molecule has 8 heteroatoms. The van der Waals surface area contributed by atoms with E-state index in [9.17, 15) is 15.0 Å². The molecule has 0 spiro atoms. The van der Waals surface area contributed by atoms with Crippen LogP contribution in [-0.2, 0) is 6.42 Å². The van der Waals surface area contributed by atoms with Gasteiger partial charge in [-0.05, 0) is 31.7 Å². The van der Waals surface area contributed by atoms with Gasteiger partial charge >= 0.3 is 0 Å². The predicted octanol–water partition coefficient (Wildman–Crippen LogP) is 0.272. The number of hydrogen-bond donors (Lipinski definition) is 3. The molecule has 0 aromatic carbocycles. The van der Waals surface area contributed by atoms with E-state index in [1.807, 2.05) is 0 Å². The van der Waals surface area contributed by atoms with Crippen molar-refractivity contribution < 1.29 is 15.0 Å². The quantitative estimate of drug-likeness (QED) is 0.709. The second-order valence-corrected chi connectivity index (χ2v) is 7.28. The Kier molecular flexibility index (Phi) is 3.79. The fourth-order valence-electron chi connectivity index (χ4n) is 3.54. The van der Waals surface area contributed by atoms with Gasteiger partial charge in [-0.3, -0.25) is 4.79 Å². The van der Waals surface area contributed by atoms with Crippen LogP contribution < -0.4 is 5.32 Å². The van der Waals surface area contributed by atoms with E-state index in [1.54, 1.807) is 29.9 Å². The molecule has 3 N–H and O–H groups in total. The second-order valence-electron chi connectivity index (χ2n) is 7.28. The first-order valence-corrected chi connectivity index (χ1v) is 8.52. The summed E-state index contributed by atoms with van der Waals surface area (Å²) in [6.07, 6.45) is 3.41. The van der Waals surface area contributed by atoms with Gasteiger partial charge in [0.15, 0.2) is 11.5 Å². The van der Waals surface area contributed by atoms with Crippen molar-refractivity contribution in [3.05, 3.63) is 40.8 Å². The number of pyridine rings is 1. The number of rotatable bonds is 5. The number of aliphatic hydroxyl groups is 2. The lowest BCUT2D eigenvalue weighted by Crippen LogP contribution is -2.52. The minimum Gasteiger partial charge on any atom is -0.394 e. The first-order chi connectivity index (χ1) is 12.5. The Labute approximate surface area is 150 Å². The maximum absolute atomic E-state index is 12.7. The Morgan fingerprint density at radius 3 is 2.96 bits per heavy atom. The van der Waals surface area contributed by atoms with Crippen LogP contribution in [0.5, 0.6) is 0 Å². The highest BCUT2D eigenvalue weighted by atomic mass is 16.3. The van der Waals surface area contributed by atoms with Crippen LogP contribution in [0.25, 0.3) is 5.82 Å². The lowest BCUT2D eigenvalue weighted by Gasteiger charge is -2.25. The number of fused-ring (bicyclic) bond motifs is 3. The molecule has 26 heavy (non-hydrogen) atoms. The number of aromatic nitrogens is 3. The number of carbonyl (C=O) groups is 1. The summed E-state index contributed by atoms with van der Waals surface area (Å²) >= 11 is 0. The Bertz CT molecular complexity index is 925. The zero-order valence-corrected chi connectivity index (χ0v) is 14.3. The van der Waals surface area contributed by atoms with E-state index in [1.165, 1.54) is 0 Å². The molecule has 0 radical (unpaired) electrons. The minimum absolute atomic E-state index is 0.296. The monoisotopic (exact) mass is 353 g/mol. The zero-order valence-electron chi connectivity index (χ0n) is 14.3. The predicted molar refractivity (Wildman–Crippen MR) is 90.7 cm³/mol. The minimum atomic E-state index is -1.12. The van der Waals surface area contributed by atoms with Crippen LogP contribution in [0.4, 0.5) is 0 Å². The highest BCUT2D eigenvalue weighted by molar-refractivity contribution is 5.95. The summed E-state index contributed by atoms with van der Waals surface area (Å²) in [6.45, 7) is 0.807. The van der Waals surface area contributed by atoms with E-state index < -0.39 is 11.4 Å². The van der Waals surface area contributed by atoms with Crippen molar-refractivity contribution >= 4 is 5.91 Å². The molecule has 0 aliphatic heterocycles. The molecule has 1 amide bonds. The van der Waals surface area contributed by atoms with Crippen molar-refractivity contribution in [1.82, 2.24) is 20.1 Å². The maximum Gasteiger partial charge on any atom is 0.272 e. The van der Waals surface area contributed by atoms with E-state index >= 15 is 0 Å². The van der Waals surface area contributed by atoms with Crippen LogP contribution >= 0.6 is 0 Å². The zero-order chi connectivity index (χ0) is 18.5. The van der Waals surface area contributed by atoms with E-state index in [0.717, 1.165) is 24.1 Å². The van der Waals surface area contributed by atoms with Crippen molar-refractivity contribution in [3.63, 3.8) is 0 Å². The number of carbonyl (C=O) groups excluding carboxylic acids is 1. The Balaban J connectivity index is 1.75. The van der Waals surface area contributed by atoms with Gasteiger partial charge in [0.25, 0.3) is 5.91 Å². The summed E-state index contributed by atoms with van der Waals surface area (Å²) in [5, 5.41) is 35.1. The fourth-order valence-corrected chi connectivity index (χ4v) is 3.54. The Morgan fingerprint density at radius 1 is 1.50 bits per heavy atom. The van der Waals surface area contributed by atoms with Crippen LogP contribution in [0, 0.1) is 17.2 Å². The van der Waals surface area contributed by atoms with Gasteiger partial charge in [-0.2, -0.15) is 10.4 Å². The normalized spacial score (nSPS) is 20.2. The van der Waals surface area contributed by atoms with Gasteiger partial charge < -0.3 is 15.5 Å². The largest absolute Gasteiger partial charge is 0.394 e. The molecule has 2 aliphatic rings. The van der Waals surface area contributed by atoms with Gasteiger partial charge in [0.2, 0.25) is 0 Å². The number of nitrogens with zero attached hydrogens (tertiary/aromatic N) is 4. The Morgan fingerprint density at radius 2 is 2.27 bits per heavy atom. The molecule has 2 heterocycles. The SMILES string of the molecule is CC(CO)(CO)NC(=O)c1nn(-c2cc(C#N)ccn2)c2c1CC1C[C@@H]21. The first-order valence-electron chi connectivity index (χ1n) is 8.52. The van der Waals surface area contributed by atoms with Crippen LogP contribution in [0.2, 0.25) is 0 Å². The van der Waals surface area contributed by atoms with E-state index in [4.69, 9.17) is 5.26 Å². The molecule has 1 fully saturated rings. The molecular weight excluding hydrogens is 334 g/mol. The average Bonchev–Trinajstić information content (AvgIpc) is 3.16. The van der Waals surface area contributed by atoms with E-state index in [-0.39, 0.29) is 13.2 Å². The Hall–Kier alpha value is -2.76. The molecule has 0 saturated heterocycles. The summed E-state index contributed by atoms with van der Waals surface area (Å²) in [4.78, 5) is 17.1. The number of aliphatic hydroxyl groups excluding tert-OH is 2. The highest BCUT2D eigenvalue weighted by Gasteiger charge is 2.50. The topological polar surface area (TPSA) is 124 Å². The molecule has 0 bridgehead atoms. The molecule has 2 aliphatic carbocycles. The van der Waals surface area contributed by atoms with Crippen LogP contribution in [0.3, 0.4) is 0 Å². The van der Waals surface area contributed by atoms with Crippen LogP contribution in [-0.4, -0.2) is 49.6 Å². The van der Waals surface area contributed by atoms with Gasteiger partial charge in [-0.1, -0.05) is 0 Å². The van der Waals surface area contributed by atoms with Crippen molar-refractivity contribution in [1.29, 1.82) is 5.26 Å².